The molecule has 1 aromatic carbocycles. The molecule has 0 aliphatic carbocycles. The Labute approximate surface area is 117 Å². The average Bonchev–Trinajstić information content (AvgIpc) is 2.21. The van der Waals surface area contributed by atoms with E-state index >= 15 is 0 Å². The van der Waals surface area contributed by atoms with Crippen molar-refractivity contribution >= 4 is 39.5 Å². The van der Waals surface area contributed by atoms with Crippen LogP contribution in [-0.2, 0) is 16.1 Å². The van der Waals surface area contributed by atoms with Crippen molar-refractivity contribution in [2.45, 2.75) is 6.54 Å². The predicted molar refractivity (Wildman–Crippen MR) is 69.7 cm³/mol. The molecule has 0 spiro atoms. The highest BCUT2D eigenvalue weighted by molar-refractivity contribution is 9.10. The standard InChI is InChI=1S/C11H11BrClNO4/c12-9-2-1-8(13)3-7(9)4-14(5-10(15)16)6-11(17)18/h1-3H,4-6H2,(H,15,16)(H,17,18). The van der Waals surface area contributed by atoms with E-state index in [1.165, 1.54) is 4.90 Å². The minimum atomic E-state index is -1.07. The van der Waals surface area contributed by atoms with Crippen LogP contribution in [0.3, 0.4) is 0 Å². The van der Waals surface area contributed by atoms with Gasteiger partial charge in [0.05, 0.1) is 13.1 Å². The van der Waals surface area contributed by atoms with E-state index in [0.717, 1.165) is 10.0 Å². The van der Waals surface area contributed by atoms with Crippen LogP contribution >= 0.6 is 27.5 Å². The van der Waals surface area contributed by atoms with E-state index in [2.05, 4.69) is 15.9 Å². The van der Waals surface area contributed by atoms with Crippen molar-refractivity contribution in [3.8, 4) is 0 Å². The van der Waals surface area contributed by atoms with Gasteiger partial charge in [0.1, 0.15) is 0 Å². The van der Waals surface area contributed by atoms with Crippen LogP contribution in [0.1, 0.15) is 5.56 Å². The van der Waals surface area contributed by atoms with Gasteiger partial charge in [0.2, 0.25) is 0 Å². The summed E-state index contributed by atoms with van der Waals surface area (Å²) in [6, 6.07) is 5.09. The first-order chi connectivity index (χ1) is 8.38. The summed E-state index contributed by atoms with van der Waals surface area (Å²) in [5, 5.41) is 18.0. The number of carboxylic acid groups (broad SMARTS) is 2. The van der Waals surface area contributed by atoms with Crippen LogP contribution in [0, 0.1) is 0 Å². The van der Waals surface area contributed by atoms with E-state index < -0.39 is 11.9 Å². The molecule has 0 aromatic heterocycles. The molecule has 5 nitrogen and oxygen atoms in total. The van der Waals surface area contributed by atoms with Gasteiger partial charge in [-0.15, -0.1) is 0 Å². The fourth-order valence-electron chi connectivity index (χ4n) is 1.46. The number of halogens is 2. The minimum absolute atomic E-state index is 0.194. The van der Waals surface area contributed by atoms with Crippen molar-refractivity contribution in [3.63, 3.8) is 0 Å². The van der Waals surface area contributed by atoms with E-state index in [0.29, 0.717) is 5.02 Å². The summed E-state index contributed by atoms with van der Waals surface area (Å²) < 4.78 is 0.757. The lowest BCUT2D eigenvalue weighted by molar-refractivity contribution is -0.142. The summed E-state index contributed by atoms with van der Waals surface area (Å²) in [5.74, 6) is -2.15. The number of carbonyl (C=O) groups is 2. The van der Waals surface area contributed by atoms with E-state index in [4.69, 9.17) is 21.8 Å². The molecular formula is C11H11BrClNO4. The molecule has 0 saturated heterocycles. The Balaban J connectivity index is 2.84. The third-order valence-electron chi connectivity index (χ3n) is 2.12. The fraction of sp³-hybridized carbons (Fsp3) is 0.273. The first-order valence-electron chi connectivity index (χ1n) is 4.98. The van der Waals surface area contributed by atoms with Crippen molar-refractivity contribution < 1.29 is 19.8 Å². The average molecular weight is 337 g/mol. The monoisotopic (exact) mass is 335 g/mol. The van der Waals surface area contributed by atoms with Crippen LogP contribution < -0.4 is 0 Å². The number of rotatable bonds is 6. The second-order valence-electron chi connectivity index (χ2n) is 3.67. The molecule has 2 N–H and O–H groups in total. The van der Waals surface area contributed by atoms with Crippen LogP contribution in [0.2, 0.25) is 5.02 Å². The maximum Gasteiger partial charge on any atom is 0.317 e. The Bertz CT molecular complexity index is 450. The first kappa shape index (κ1) is 14.9. The summed E-state index contributed by atoms with van der Waals surface area (Å²) in [5.41, 5.74) is 0.741. The maximum atomic E-state index is 10.7. The molecule has 0 fully saturated rings. The highest BCUT2D eigenvalue weighted by Crippen LogP contribution is 2.22. The largest absolute Gasteiger partial charge is 0.480 e. The molecule has 18 heavy (non-hydrogen) atoms. The van der Waals surface area contributed by atoms with E-state index in [1.54, 1.807) is 18.2 Å². The summed E-state index contributed by atoms with van der Waals surface area (Å²) >= 11 is 9.15. The molecule has 98 valence electrons. The second-order valence-corrected chi connectivity index (χ2v) is 4.96. The van der Waals surface area contributed by atoms with Crippen LogP contribution in [0.4, 0.5) is 0 Å². The quantitative estimate of drug-likeness (QED) is 0.831. The molecule has 0 aliphatic rings. The normalized spacial score (nSPS) is 10.6. The van der Waals surface area contributed by atoms with E-state index in [1.807, 2.05) is 0 Å². The Morgan fingerprint density at radius 3 is 2.28 bits per heavy atom. The molecule has 0 atom stereocenters. The van der Waals surface area contributed by atoms with Gasteiger partial charge in [-0.05, 0) is 23.8 Å². The van der Waals surface area contributed by atoms with Crippen LogP contribution in [0.15, 0.2) is 22.7 Å². The summed E-state index contributed by atoms with van der Waals surface area (Å²) in [6.07, 6.45) is 0. The predicted octanol–water partition coefficient (Wildman–Crippen LogP) is 2.07. The molecule has 0 heterocycles. The van der Waals surface area contributed by atoms with Crippen LogP contribution in [-0.4, -0.2) is 40.1 Å². The van der Waals surface area contributed by atoms with Gasteiger partial charge in [-0.2, -0.15) is 0 Å². The molecular weight excluding hydrogens is 325 g/mol. The zero-order valence-electron chi connectivity index (χ0n) is 9.27. The van der Waals surface area contributed by atoms with Gasteiger partial charge in [-0.3, -0.25) is 14.5 Å². The molecule has 0 saturated carbocycles. The second kappa shape index (κ2) is 6.72. The smallest absolute Gasteiger partial charge is 0.317 e. The van der Waals surface area contributed by atoms with Crippen molar-refractivity contribution in [1.82, 2.24) is 4.90 Å². The molecule has 7 heteroatoms. The number of nitrogens with zero attached hydrogens (tertiary/aromatic N) is 1. The molecule has 0 amide bonds. The Hall–Kier alpha value is -1.11. The lowest BCUT2D eigenvalue weighted by Crippen LogP contribution is -2.34. The summed E-state index contributed by atoms with van der Waals surface area (Å²) in [7, 11) is 0. The van der Waals surface area contributed by atoms with Crippen LogP contribution in [0.5, 0.6) is 0 Å². The topological polar surface area (TPSA) is 77.8 Å². The highest BCUT2D eigenvalue weighted by atomic mass is 79.9. The zero-order valence-corrected chi connectivity index (χ0v) is 11.6. The molecule has 0 bridgehead atoms. The molecule has 1 rings (SSSR count). The summed E-state index contributed by atoms with van der Waals surface area (Å²) in [6.45, 7) is -0.490. The molecule has 0 unspecified atom stereocenters. The molecule has 0 radical (unpaired) electrons. The third kappa shape index (κ3) is 5.03. The van der Waals surface area contributed by atoms with Gasteiger partial charge in [0.15, 0.2) is 0 Å². The van der Waals surface area contributed by atoms with Crippen molar-refractivity contribution in [1.29, 1.82) is 0 Å². The van der Waals surface area contributed by atoms with Crippen molar-refractivity contribution in [2.24, 2.45) is 0 Å². The van der Waals surface area contributed by atoms with E-state index in [9.17, 15) is 9.59 Å². The van der Waals surface area contributed by atoms with E-state index in [-0.39, 0.29) is 19.6 Å². The number of hydrogen-bond donors (Lipinski definition) is 2. The lowest BCUT2D eigenvalue weighted by atomic mass is 10.2. The SMILES string of the molecule is O=C(O)CN(CC(=O)O)Cc1cc(Cl)ccc1Br. The Morgan fingerprint density at radius 1 is 1.22 bits per heavy atom. The molecule has 1 aromatic rings. The zero-order chi connectivity index (χ0) is 13.7. The van der Waals surface area contributed by atoms with Gasteiger partial charge in [-0.25, -0.2) is 0 Å². The first-order valence-corrected chi connectivity index (χ1v) is 6.15. The number of aliphatic carboxylic acids is 2. The van der Waals surface area contributed by atoms with Gasteiger partial charge in [0.25, 0.3) is 0 Å². The minimum Gasteiger partial charge on any atom is -0.480 e. The number of hydrogen-bond acceptors (Lipinski definition) is 3. The highest BCUT2D eigenvalue weighted by Gasteiger charge is 2.15. The van der Waals surface area contributed by atoms with Crippen molar-refractivity contribution in [2.75, 3.05) is 13.1 Å². The Kier molecular flexibility index (Phi) is 5.58. The van der Waals surface area contributed by atoms with Gasteiger partial charge < -0.3 is 10.2 Å². The van der Waals surface area contributed by atoms with Gasteiger partial charge in [-0.1, -0.05) is 27.5 Å². The van der Waals surface area contributed by atoms with Crippen LogP contribution in [0.25, 0.3) is 0 Å². The maximum absolute atomic E-state index is 10.7. The fourth-order valence-corrected chi connectivity index (χ4v) is 2.02. The number of benzene rings is 1. The molecule has 0 aliphatic heterocycles. The van der Waals surface area contributed by atoms with Crippen molar-refractivity contribution in [3.05, 3.63) is 33.3 Å². The summed E-state index contributed by atoms with van der Waals surface area (Å²) in [4.78, 5) is 22.6. The van der Waals surface area contributed by atoms with Gasteiger partial charge in [0, 0.05) is 16.0 Å². The lowest BCUT2D eigenvalue weighted by Gasteiger charge is -2.18. The Morgan fingerprint density at radius 2 is 1.78 bits per heavy atom. The van der Waals surface area contributed by atoms with Gasteiger partial charge >= 0.3 is 11.9 Å². The third-order valence-corrected chi connectivity index (χ3v) is 3.13. The number of carboxylic acids is 2.